The summed E-state index contributed by atoms with van der Waals surface area (Å²) in [6.07, 6.45) is 0.326. The molecule has 0 bridgehead atoms. The van der Waals surface area contributed by atoms with Crippen LogP contribution in [-0.4, -0.2) is 28.6 Å². The molecule has 41 heavy (non-hydrogen) atoms. The number of rotatable bonds is 14. The van der Waals surface area contributed by atoms with Gasteiger partial charge < -0.3 is 20.3 Å². The lowest BCUT2D eigenvalue weighted by molar-refractivity contribution is -0.138. The van der Waals surface area contributed by atoms with Gasteiger partial charge in [0.25, 0.3) is 0 Å². The van der Waals surface area contributed by atoms with Crippen molar-refractivity contribution in [3.8, 4) is 11.5 Å². The summed E-state index contributed by atoms with van der Waals surface area (Å²) in [5.74, 6) is 0.633. The molecule has 0 saturated carbocycles. The van der Waals surface area contributed by atoms with Gasteiger partial charge in [-0.2, -0.15) is 0 Å². The van der Waals surface area contributed by atoms with E-state index in [4.69, 9.17) is 15.2 Å². The lowest BCUT2D eigenvalue weighted by Crippen LogP contribution is -2.35. The summed E-state index contributed by atoms with van der Waals surface area (Å²) in [6, 6.07) is 29.9. The zero-order valence-corrected chi connectivity index (χ0v) is 24.2. The molecule has 0 aliphatic carbocycles. The molecule has 0 radical (unpaired) electrons. The number of carboxylic acids is 1. The first kappa shape index (κ1) is 29.8. The number of hydrogen-bond acceptors (Lipinski definition) is 5. The second-order valence-corrected chi connectivity index (χ2v) is 10.7. The Hall–Kier alpha value is -4.13. The molecule has 0 unspecified atom stereocenters. The Labute approximate surface area is 243 Å². The van der Waals surface area contributed by atoms with Gasteiger partial charge in [-0.05, 0) is 56.0 Å². The predicted octanol–water partition coefficient (Wildman–Crippen LogP) is 6.57. The van der Waals surface area contributed by atoms with Crippen molar-refractivity contribution in [1.82, 2.24) is 4.90 Å². The molecule has 0 saturated heterocycles. The van der Waals surface area contributed by atoms with Crippen LogP contribution in [0.3, 0.4) is 0 Å². The Balaban J connectivity index is 1.54. The normalized spacial score (nSPS) is 11.8. The zero-order valence-electron chi connectivity index (χ0n) is 24.2. The van der Waals surface area contributed by atoms with Crippen LogP contribution < -0.4 is 15.2 Å². The van der Waals surface area contributed by atoms with E-state index in [-0.39, 0.29) is 0 Å². The molecular weight excluding hydrogens is 512 g/mol. The molecule has 4 rings (SSSR count). The van der Waals surface area contributed by atoms with Crippen LogP contribution in [0.15, 0.2) is 91.0 Å². The topological polar surface area (TPSA) is 85.0 Å². The molecule has 0 aliphatic rings. The van der Waals surface area contributed by atoms with E-state index in [0.717, 1.165) is 39.3 Å². The maximum absolute atomic E-state index is 11.5. The van der Waals surface area contributed by atoms with Crippen molar-refractivity contribution < 1.29 is 19.4 Å². The van der Waals surface area contributed by atoms with Crippen LogP contribution in [0.4, 0.5) is 0 Å². The maximum atomic E-state index is 11.5. The summed E-state index contributed by atoms with van der Waals surface area (Å²) in [7, 11) is 0. The lowest BCUT2D eigenvalue weighted by Gasteiger charge is -2.26. The number of benzene rings is 4. The summed E-state index contributed by atoms with van der Waals surface area (Å²) in [4.78, 5) is 13.7. The Morgan fingerprint density at radius 2 is 1.29 bits per heavy atom. The van der Waals surface area contributed by atoms with Gasteiger partial charge in [-0.25, -0.2) is 0 Å². The second-order valence-electron chi connectivity index (χ2n) is 10.7. The smallest absolute Gasteiger partial charge is 0.320 e. The van der Waals surface area contributed by atoms with Crippen LogP contribution in [0.5, 0.6) is 11.5 Å². The molecule has 0 fully saturated rings. The maximum Gasteiger partial charge on any atom is 0.320 e. The zero-order chi connectivity index (χ0) is 29.2. The first-order valence-corrected chi connectivity index (χ1v) is 14.0. The number of nitrogens with zero attached hydrogens (tertiary/aromatic N) is 1. The quantitative estimate of drug-likeness (QED) is 0.184. The number of carbonyl (C=O) groups is 1. The van der Waals surface area contributed by atoms with Crippen LogP contribution in [-0.2, 0) is 31.1 Å². The molecule has 0 amide bonds. The van der Waals surface area contributed by atoms with Crippen LogP contribution in [0, 0.1) is 20.8 Å². The highest BCUT2D eigenvalue weighted by Gasteiger charge is 2.18. The Kier molecular flexibility index (Phi) is 10.5. The van der Waals surface area contributed by atoms with E-state index in [0.29, 0.717) is 39.3 Å². The van der Waals surface area contributed by atoms with Crippen molar-refractivity contribution >= 4 is 5.97 Å². The fourth-order valence-electron chi connectivity index (χ4n) is 4.77. The van der Waals surface area contributed by atoms with Crippen LogP contribution in [0.25, 0.3) is 0 Å². The van der Waals surface area contributed by atoms with E-state index in [1.165, 1.54) is 11.1 Å². The van der Waals surface area contributed by atoms with Gasteiger partial charge in [-0.3, -0.25) is 9.69 Å². The third kappa shape index (κ3) is 9.20. The monoisotopic (exact) mass is 552 g/mol. The van der Waals surface area contributed by atoms with E-state index in [9.17, 15) is 9.90 Å². The molecule has 0 aromatic heterocycles. The molecule has 214 valence electrons. The molecule has 0 aliphatic heterocycles. The third-order valence-corrected chi connectivity index (χ3v) is 7.01. The number of hydrogen-bond donors (Lipinski definition) is 2. The summed E-state index contributed by atoms with van der Waals surface area (Å²) in [6.45, 7) is 8.78. The van der Waals surface area contributed by atoms with Gasteiger partial charge in [0.1, 0.15) is 30.8 Å². The highest BCUT2D eigenvalue weighted by Crippen LogP contribution is 2.27. The van der Waals surface area contributed by atoms with E-state index < -0.39 is 12.0 Å². The first-order chi connectivity index (χ1) is 19.8. The standard InChI is InChI=1S/C35H40N2O4/c1-25-8-6-10-28(18-25)23-40-33-13-5-4-12-30(33)21-37(17-16-32(36)35(38)39)22-31-15-14-27(3)20-34(31)41-24-29-11-7-9-26(2)19-29/h4-15,18-20,32H,16-17,21-24,36H2,1-3H3,(H,38,39)/t32-/m0/s1. The van der Waals surface area contributed by atoms with Crippen molar-refractivity contribution in [3.05, 3.63) is 130 Å². The average Bonchev–Trinajstić information content (AvgIpc) is 2.95. The van der Waals surface area contributed by atoms with Gasteiger partial charge in [-0.15, -0.1) is 0 Å². The van der Waals surface area contributed by atoms with Crippen LogP contribution in [0.1, 0.15) is 45.4 Å². The van der Waals surface area contributed by atoms with E-state index in [2.05, 4.69) is 86.3 Å². The minimum Gasteiger partial charge on any atom is -0.489 e. The number of para-hydroxylation sites is 1. The van der Waals surface area contributed by atoms with Crippen molar-refractivity contribution in [2.24, 2.45) is 5.73 Å². The van der Waals surface area contributed by atoms with Gasteiger partial charge in [0.05, 0.1) is 0 Å². The fourth-order valence-corrected chi connectivity index (χ4v) is 4.77. The molecule has 3 N–H and O–H groups in total. The number of aliphatic carboxylic acids is 1. The van der Waals surface area contributed by atoms with E-state index in [1.807, 2.05) is 30.3 Å². The van der Waals surface area contributed by atoms with Crippen molar-refractivity contribution in [3.63, 3.8) is 0 Å². The van der Waals surface area contributed by atoms with Gasteiger partial charge in [0, 0.05) is 30.8 Å². The SMILES string of the molecule is Cc1cccc(COc2ccccc2CN(CC[C@H](N)C(=O)O)Cc2ccc(C)cc2OCc2cccc(C)c2)c1. The molecule has 6 heteroatoms. The average molecular weight is 553 g/mol. The van der Waals surface area contributed by atoms with Gasteiger partial charge in [0.15, 0.2) is 0 Å². The molecule has 0 spiro atoms. The summed E-state index contributed by atoms with van der Waals surface area (Å²) < 4.78 is 12.6. The molecule has 1 atom stereocenters. The minimum absolute atomic E-state index is 0.326. The molecule has 4 aromatic carbocycles. The van der Waals surface area contributed by atoms with Crippen LogP contribution in [0.2, 0.25) is 0 Å². The number of nitrogens with two attached hydrogens (primary N) is 1. The highest BCUT2D eigenvalue weighted by molar-refractivity contribution is 5.73. The summed E-state index contributed by atoms with van der Waals surface area (Å²) in [5, 5.41) is 9.40. The molecular formula is C35H40N2O4. The van der Waals surface area contributed by atoms with E-state index >= 15 is 0 Å². The largest absolute Gasteiger partial charge is 0.489 e. The van der Waals surface area contributed by atoms with E-state index in [1.54, 1.807) is 0 Å². The first-order valence-electron chi connectivity index (χ1n) is 14.0. The number of ether oxygens (including phenoxy) is 2. The van der Waals surface area contributed by atoms with Gasteiger partial charge in [-0.1, -0.05) is 90.0 Å². The van der Waals surface area contributed by atoms with Gasteiger partial charge in [0.2, 0.25) is 0 Å². The van der Waals surface area contributed by atoms with Gasteiger partial charge >= 0.3 is 5.97 Å². The van der Waals surface area contributed by atoms with Crippen LogP contribution >= 0.6 is 0 Å². The number of carboxylic acid groups (broad SMARTS) is 1. The Bertz CT molecular complexity index is 1450. The third-order valence-electron chi connectivity index (χ3n) is 7.01. The summed E-state index contributed by atoms with van der Waals surface area (Å²) in [5.41, 5.74) is 13.7. The lowest BCUT2D eigenvalue weighted by atomic mass is 10.1. The summed E-state index contributed by atoms with van der Waals surface area (Å²) >= 11 is 0. The Morgan fingerprint density at radius 3 is 1.90 bits per heavy atom. The minimum atomic E-state index is -0.996. The molecule has 0 heterocycles. The van der Waals surface area contributed by atoms with Crippen molar-refractivity contribution in [2.75, 3.05) is 6.54 Å². The molecule has 6 nitrogen and oxygen atoms in total. The Morgan fingerprint density at radius 1 is 0.732 bits per heavy atom. The molecule has 4 aromatic rings. The fraction of sp³-hybridized carbons (Fsp3) is 0.286. The predicted molar refractivity (Wildman–Crippen MR) is 163 cm³/mol. The second kappa shape index (κ2) is 14.5. The van der Waals surface area contributed by atoms with Crippen molar-refractivity contribution in [2.45, 2.75) is 59.5 Å². The number of aryl methyl sites for hydroxylation is 3. The van der Waals surface area contributed by atoms with Crippen molar-refractivity contribution in [1.29, 1.82) is 0 Å². The highest BCUT2D eigenvalue weighted by atomic mass is 16.5.